The molecule has 2 N–H and O–H groups in total. The van der Waals surface area contributed by atoms with Crippen LogP contribution in [0.25, 0.3) is 0 Å². The molecule has 2 heterocycles. The fraction of sp³-hybridized carbons (Fsp3) is 0.714. The molecule has 1 unspecified atom stereocenters. The third kappa shape index (κ3) is 2.49. The van der Waals surface area contributed by atoms with E-state index in [4.69, 9.17) is 0 Å². The van der Waals surface area contributed by atoms with E-state index in [2.05, 4.69) is 15.7 Å². The highest BCUT2D eigenvalue weighted by molar-refractivity contribution is 5.84. The highest BCUT2D eigenvalue weighted by atomic mass is 19.4. The predicted molar refractivity (Wildman–Crippen MR) is 72.7 cm³/mol. The lowest BCUT2D eigenvalue weighted by atomic mass is 9.71. The molecule has 0 radical (unpaired) electrons. The average Bonchev–Trinajstić information content (AvgIpc) is 3.02. The van der Waals surface area contributed by atoms with Gasteiger partial charge in [-0.25, -0.2) is 0 Å². The van der Waals surface area contributed by atoms with Crippen molar-refractivity contribution < 1.29 is 18.0 Å². The molecule has 2 fully saturated rings. The Kier molecular flexibility index (Phi) is 3.66. The third-order valence-electron chi connectivity index (χ3n) is 4.93. The van der Waals surface area contributed by atoms with Crippen molar-refractivity contribution in [3.05, 3.63) is 17.5 Å². The van der Waals surface area contributed by atoms with Gasteiger partial charge in [-0.3, -0.25) is 9.48 Å². The second kappa shape index (κ2) is 5.26. The number of carbonyl (C=O) groups is 1. The van der Waals surface area contributed by atoms with Crippen LogP contribution in [0.2, 0.25) is 0 Å². The van der Waals surface area contributed by atoms with Gasteiger partial charge in [0.1, 0.15) is 0 Å². The van der Waals surface area contributed by atoms with Crippen LogP contribution in [0, 0.1) is 5.41 Å². The van der Waals surface area contributed by atoms with Gasteiger partial charge in [-0.05, 0) is 12.8 Å². The number of nitrogens with one attached hydrogen (secondary N) is 2. The normalized spacial score (nSPS) is 23.5. The molecule has 2 aliphatic rings. The van der Waals surface area contributed by atoms with E-state index >= 15 is 0 Å². The van der Waals surface area contributed by atoms with Crippen molar-refractivity contribution >= 4 is 5.91 Å². The van der Waals surface area contributed by atoms with Gasteiger partial charge in [-0.2, -0.15) is 18.3 Å². The molecule has 0 aromatic carbocycles. The van der Waals surface area contributed by atoms with Crippen LogP contribution in [0.3, 0.4) is 0 Å². The van der Waals surface area contributed by atoms with E-state index in [1.807, 2.05) is 0 Å². The minimum atomic E-state index is -4.46. The number of nitrogens with zero attached hydrogens (tertiary/aromatic N) is 2. The molecule has 1 aliphatic carbocycles. The first kappa shape index (κ1) is 15.3. The molecule has 1 saturated carbocycles. The Morgan fingerprint density at radius 2 is 2.18 bits per heavy atom. The molecule has 1 aromatic heterocycles. The summed E-state index contributed by atoms with van der Waals surface area (Å²) < 4.78 is 39.8. The molecule has 1 aliphatic heterocycles. The van der Waals surface area contributed by atoms with Crippen LogP contribution in [0.15, 0.2) is 6.20 Å². The van der Waals surface area contributed by atoms with Crippen LogP contribution < -0.4 is 10.6 Å². The Labute approximate surface area is 126 Å². The van der Waals surface area contributed by atoms with Crippen molar-refractivity contribution in [1.29, 1.82) is 0 Å². The monoisotopic (exact) mass is 316 g/mol. The Bertz CT molecular complexity index is 575. The van der Waals surface area contributed by atoms with Gasteiger partial charge < -0.3 is 10.6 Å². The van der Waals surface area contributed by atoms with Gasteiger partial charge in [-0.1, -0.05) is 12.8 Å². The number of carbonyl (C=O) groups excluding carboxylic acids is 1. The number of hydrogen-bond donors (Lipinski definition) is 2. The lowest BCUT2D eigenvalue weighted by Gasteiger charge is -2.47. The van der Waals surface area contributed by atoms with Gasteiger partial charge >= 0.3 is 6.18 Å². The molecular formula is C14H19F3N4O. The van der Waals surface area contributed by atoms with Crippen molar-refractivity contribution in [1.82, 2.24) is 20.4 Å². The zero-order valence-corrected chi connectivity index (χ0v) is 12.3. The Hall–Kier alpha value is -1.57. The number of rotatable bonds is 3. The summed E-state index contributed by atoms with van der Waals surface area (Å²) in [6, 6.07) is -0.280. The molecule has 0 bridgehead atoms. The lowest BCUT2D eigenvalue weighted by molar-refractivity contribution is -0.139. The summed E-state index contributed by atoms with van der Waals surface area (Å²) in [6.45, 7) is 0.656. The fourth-order valence-corrected chi connectivity index (χ4v) is 3.59. The Morgan fingerprint density at radius 3 is 2.73 bits per heavy atom. The first-order chi connectivity index (χ1) is 10.3. The van der Waals surface area contributed by atoms with E-state index in [1.165, 1.54) is 7.05 Å². The van der Waals surface area contributed by atoms with Gasteiger partial charge in [0.25, 0.3) is 0 Å². The Morgan fingerprint density at radius 1 is 1.50 bits per heavy atom. The highest BCUT2D eigenvalue weighted by Gasteiger charge is 2.51. The quantitative estimate of drug-likeness (QED) is 0.890. The largest absolute Gasteiger partial charge is 0.419 e. The van der Waals surface area contributed by atoms with Gasteiger partial charge in [0.15, 0.2) is 0 Å². The molecule has 1 saturated heterocycles. The third-order valence-corrected chi connectivity index (χ3v) is 4.93. The van der Waals surface area contributed by atoms with Crippen molar-refractivity contribution in [2.24, 2.45) is 12.5 Å². The van der Waals surface area contributed by atoms with Crippen LogP contribution in [0.1, 0.15) is 36.9 Å². The van der Waals surface area contributed by atoms with E-state index in [0.29, 0.717) is 0 Å². The summed E-state index contributed by atoms with van der Waals surface area (Å²) in [4.78, 5) is 12.3. The summed E-state index contributed by atoms with van der Waals surface area (Å²) in [5.41, 5.74) is -0.809. The van der Waals surface area contributed by atoms with E-state index in [1.54, 1.807) is 0 Å². The van der Waals surface area contributed by atoms with Crippen molar-refractivity contribution in [2.45, 2.75) is 44.4 Å². The minimum absolute atomic E-state index is 0.0173. The van der Waals surface area contributed by atoms with E-state index < -0.39 is 11.7 Å². The van der Waals surface area contributed by atoms with E-state index in [0.717, 1.165) is 43.1 Å². The van der Waals surface area contributed by atoms with Crippen molar-refractivity contribution in [2.75, 3.05) is 6.54 Å². The molecule has 3 rings (SSSR count). The van der Waals surface area contributed by atoms with Crippen LogP contribution >= 0.6 is 0 Å². The molecule has 1 spiro atoms. The number of hydrogen-bond acceptors (Lipinski definition) is 3. The van der Waals surface area contributed by atoms with Gasteiger partial charge in [-0.15, -0.1) is 0 Å². The van der Waals surface area contributed by atoms with Crippen LogP contribution in [0.5, 0.6) is 0 Å². The van der Waals surface area contributed by atoms with Crippen molar-refractivity contribution in [3.63, 3.8) is 0 Å². The number of aryl methyl sites for hydroxylation is 1. The molecule has 1 aromatic rings. The zero-order valence-electron chi connectivity index (χ0n) is 12.3. The molecule has 8 heteroatoms. The molecule has 122 valence electrons. The average molecular weight is 316 g/mol. The molecule has 5 nitrogen and oxygen atoms in total. The maximum atomic E-state index is 12.9. The maximum absolute atomic E-state index is 12.9. The Balaban J connectivity index is 1.66. The highest BCUT2D eigenvalue weighted by Crippen LogP contribution is 2.45. The van der Waals surface area contributed by atoms with Gasteiger partial charge in [0, 0.05) is 19.0 Å². The maximum Gasteiger partial charge on any atom is 0.419 e. The SMILES string of the molecule is Cn1ncc(C(F)(F)F)c1CNC(=O)C1NCC12CCCC2. The van der Waals surface area contributed by atoms with Gasteiger partial charge in [0.2, 0.25) is 5.91 Å². The fourth-order valence-electron chi connectivity index (χ4n) is 3.59. The van der Waals surface area contributed by atoms with Crippen LogP contribution in [-0.4, -0.2) is 28.3 Å². The van der Waals surface area contributed by atoms with Gasteiger partial charge in [0.05, 0.1) is 30.0 Å². The van der Waals surface area contributed by atoms with Crippen molar-refractivity contribution in [3.8, 4) is 0 Å². The van der Waals surface area contributed by atoms with Crippen LogP contribution in [-0.2, 0) is 24.6 Å². The van der Waals surface area contributed by atoms with E-state index in [-0.39, 0.29) is 29.6 Å². The smallest absolute Gasteiger partial charge is 0.349 e. The van der Waals surface area contributed by atoms with Crippen LogP contribution in [0.4, 0.5) is 13.2 Å². The minimum Gasteiger partial charge on any atom is -0.349 e. The summed E-state index contributed by atoms with van der Waals surface area (Å²) in [7, 11) is 1.44. The first-order valence-corrected chi connectivity index (χ1v) is 7.43. The van der Waals surface area contributed by atoms with E-state index in [9.17, 15) is 18.0 Å². The predicted octanol–water partition coefficient (Wildman–Crippen LogP) is 1.59. The summed E-state index contributed by atoms with van der Waals surface area (Å²) in [5, 5.41) is 9.38. The molecular weight excluding hydrogens is 297 g/mol. The summed E-state index contributed by atoms with van der Waals surface area (Å²) >= 11 is 0. The molecule has 1 amide bonds. The lowest BCUT2D eigenvalue weighted by Crippen LogP contribution is -2.67. The summed E-state index contributed by atoms with van der Waals surface area (Å²) in [6.07, 6.45) is 0.587. The number of alkyl halides is 3. The number of amides is 1. The second-order valence-corrected chi connectivity index (χ2v) is 6.23. The number of aromatic nitrogens is 2. The summed E-state index contributed by atoms with van der Waals surface area (Å²) in [5.74, 6) is -0.220. The standard InChI is InChI=1S/C14H19F3N4O/c1-21-10(9(6-20-21)14(15,16)17)7-18-12(22)11-13(8-19-11)4-2-3-5-13/h6,11,19H,2-5,7-8H2,1H3,(H,18,22). The first-order valence-electron chi connectivity index (χ1n) is 7.43. The molecule has 1 atom stereocenters. The zero-order chi connectivity index (χ0) is 16.0. The topological polar surface area (TPSA) is 59.0 Å². The second-order valence-electron chi connectivity index (χ2n) is 6.23. The number of halogens is 3. The molecule has 22 heavy (non-hydrogen) atoms.